The molecule has 2 heterocycles. The number of thiazole rings is 1. The minimum atomic E-state index is -0.810. The van der Waals surface area contributed by atoms with Crippen LogP contribution in [-0.4, -0.2) is 34.3 Å². The van der Waals surface area contributed by atoms with Crippen LogP contribution in [0.2, 0.25) is 0 Å². The number of nitrogens with zero attached hydrogens (tertiary/aromatic N) is 3. The summed E-state index contributed by atoms with van der Waals surface area (Å²) in [6.45, 7) is 1.92. The molecule has 0 aromatic carbocycles. The van der Waals surface area contributed by atoms with Crippen molar-refractivity contribution in [3.8, 4) is 11.8 Å². The fourth-order valence-corrected chi connectivity index (χ4v) is 2.27. The fraction of sp³-hybridized carbons (Fsp3) is 0.417. The maximum absolute atomic E-state index is 10.2. The molecule has 7 heteroatoms. The quantitative estimate of drug-likeness (QED) is 0.895. The third kappa shape index (κ3) is 3.18. The largest absolute Gasteiger partial charge is 0.480 e. The number of aliphatic hydroxyl groups is 1. The van der Waals surface area contributed by atoms with Crippen LogP contribution in [-0.2, 0) is 6.42 Å². The molecule has 0 bridgehead atoms. The van der Waals surface area contributed by atoms with Gasteiger partial charge in [-0.2, -0.15) is 4.98 Å². The van der Waals surface area contributed by atoms with E-state index in [0.29, 0.717) is 18.0 Å². The Balaban J connectivity index is 2.20. The van der Waals surface area contributed by atoms with Crippen molar-refractivity contribution in [2.24, 2.45) is 0 Å². The summed E-state index contributed by atoms with van der Waals surface area (Å²) in [6, 6.07) is 0. The van der Waals surface area contributed by atoms with Crippen LogP contribution in [0.15, 0.2) is 11.6 Å². The maximum Gasteiger partial charge on any atom is 0.241 e. The third-order valence-electron chi connectivity index (χ3n) is 2.53. The SMILES string of the molecule is COc1cnc(C(O)Cc2csc(C)n2)c(OC)n1. The van der Waals surface area contributed by atoms with Gasteiger partial charge in [0, 0.05) is 11.8 Å². The van der Waals surface area contributed by atoms with Crippen molar-refractivity contribution in [2.75, 3.05) is 14.2 Å². The number of ether oxygens (including phenoxy) is 2. The minimum absolute atomic E-state index is 0.263. The molecular weight excluding hydrogens is 266 g/mol. The Labute approximate surface area is 115 Å². The molecule has 1 N–H and O–H groups in total. The van der Waals surface area contributed by atoms with Gasteiger partial charge in [0.1, 0.15) is 11.8 Å². The van der Waals surface area contributed by atoms with Crippen LogP contribution >= 0.6 is 11.3 Å². The summed E-state index contributed by atoms with van der Waals surface area (Å²) < 4.78 is 10.1. The zero-order chi connectivity index (χ0) is 13.8. The van der Waals surface area contributed by atoms with Crippen molar-refractivity contribution in [1.82, 2.24) is 15.0 Å². The molecule has 6 nitrogen and oxygen atoms in total. The molecule has 1 unspecified atom stereocenters. The molecule has 0 saturated heterocycles. The third-order valence-corrected chi connectivity index (χ3v) is 3.35. The molecule has 0 aliphatic carbocycles. The molecule has 0 spiro atoms. The molecule has 0 amide bonds. The van der Waals surface area contributed by atoms with E-state index in [9.17, 15) is 5.11 Å². The van der Waals surface area contributed by atoms with E-state index in [0.717, 1.165) is 10.7 Å². The van der Waals surface area contributed by atoms with Crippen molar-refractivity contribution in [1.29, 1.82) is 0 Å². The summed E-state index contributed by atoms with van der Waals surface area (Å²) in [5.74, 6) is 0.608. The van der Waals surface area contributed by atoms with Gasteiger partial charge in [-0.1, -0.05) is 0 Å². The van der Waals surface area contributed by atoms with Gasteiger partial charge < -0.3 is 14.6 Å². The molecule has 2 rings (SSSR count). The number of aryl methyl sites for hydroxylation is 1. The summed E-state index contributed by atoms with van der Waals surface area (Å²) >= 11 is 1.55. The van der Waals surface area contributed by atoms with Gasteiger partial charge in [0.2, 0.25) is 11.8 Å². The van der Waals surface area contributed by atoms with Crippen LogP contribution in [0.4, 0.5) is 0 Å². The minimum Gasteiger partial charge on any atom is -0.480 e. The molecular formula is C12H15N3O3S. The van der Waals surface area contributed by atoms with Crippen molar-refractivity contribution in [2.45, 2.75) is 19.4 Å². The first-order valence-electron chi connectivity index (χ1n) is 5.68. The normalized spacial score (nSPS) is 12.2. The first kappa shape index (κ1) is 13.7. The van der Waals surface area contributed by atoms with Gasteiger partial charge in [-0.05, 0) is 6.92 Å². The molecule has 102 valence electrons. The second kappa shape index (κ2) is 5.94. The highest BCUT2D eigenvalue weighted by atomic mass is 32.1. The van der Waals surface area contributed by atoms with Gasteiger partial charge in [0.05, 0.1) is 31.1 Å². The Hall–Kier alpha value is -1.73. The Morgan fingerprint density at radius 1 is 1.32 bits per heavy atom. The number of hydrogen-bond donors (Lipinski definition) is 1. The van der Waals surface area contributed by atoms with E-state index in [1.54, 1.807) is 11.3 Å². The summed E-state index contributed by atoms with van der Waals surface area (Å²) in [5.41, 5.74) is 1.21. The number of aromatic nitrogens is 3. The number of aliphatic hydroxyl groups excluding tert-OH is 1. The molecule has 19 heavy (non-hydrogen) atoms. The van der Waals surface area contributed by atoms with Crippen LogP contribution in [0.5, 0.6) is 11.8 Å². The molecule has 1 atom stereocenters. The first-order valence-corrected chi connectivity index (χ1v) is 6.56. The van der Waals surface area contributed by atoms with Crippen molar-refractivity contribution < 1.29 is 14.6 Å². The lowest BCUT2D eigenvalue weighted by molar-refractivity contribution is 0.166. The van der Waals surface area contributed by atoms with Crippen molar-refractivity contribution >= 4 is 11.3 Å². The van der Waals surface area contributed by atoms with E-state index in [1.165, 1.54) is 20.4 Å². The zero-order valence-electron chi connectivity index (χ0n) is 11.0. The number of rotatable bonds is 5. The van der Waals surface area contributed by atoms with Gasteiger partial charge in [0.15, 0.2) is 0 Å². The Kier molecular flexibility index (Phi) is 4.28. The summed E-state index contributed by atoms with van der Waals surface area (Å²) in [7, 11) is 2.98. The average molecular weight is 281 g/mol. The van der Waals surface area contributed by atoms with Crippen LogP contribution < -0.4 is 9.47 Å². The summed E-state index contributed by atoms with van der Waals surface area (Å²) in [4.78, 5) is 12.5. The highest BCUT2D eigenvalue weighted by Gasteiger charge is 2.19. The van der Waals surface area contributed by atoms with Gasteiger partial charge in [-0.25, -0.2) is 9.97 Å². The number of hydrogen-bond acceptors (Lipinski definition) is 7. The smallest absolute Gasteiger partial charge is 0.241 e. The van der Waals surface area contributed by atoms with Gasteiger partial charge in [-0.3, -0.25) is 0 Å². The summed E-state index contributed by atoms with van der Waals surface area (Å²) in [6.07, 6.45) is 1.02. The molecule has 0 radical (unpaired) electrons. The van der Waals surface area contributed by atoms with Crippen LogP contribution in [0, 0.1) is 6.92 Å². The number of methoxy groups -OCH3 is 2. The molecule has 0 aliphatic rings. The van der Waals surface area contributed by atoms with Crippen molar-refractivity contribution in [3.05, 3.63) is 28.0 Å². The molecule has 0 saturated carbocycles. The Morgan fingerprint density at radius 3 is 2.68 bits per heavy atom. The lowest BCUT2D eigenvalue weighted by Gasteiger charge is -2.12. The predicted molar refractivity (Wildman–Crippen MR) is 70.7 cm³/mol. The zero-order valence-corrected chi connectivity index (χ0v) is 11.8. The van der Waals surface area contributed by atoms with Gasteiger partial charge >= 0.3 is 0 Å². The van der Waals surface area contributed by atoms with Gasteiger partial charge in [0.25, 0.3) is 0 Å². The van der Waals surface area contributed by atoms with E-state index >= 15 is 0 Å². The van der Waals surface area contributed by atoms with Crippen molar-refractivity contribution in [3.63, 3.8) is 0 Å². The predicted octanol–water partition coefficient (Wildman–Crippen LogP) is 1.53. The van der Waals surface area contributed by atoms with Gasteiger partial charge in [-0.15, -0.1) is 11.3 Å². The Bertz CT molecular complexity index is 559. The highest BCUT2D eigenvalue weighted by molar-refractivity contribution is 7.09. The topological polar surface area (TPSA) is 77.4 Å². The van der Waals surface area contributed by atoms with Crippen LogP contribution in [0.1, 0.15) is 22.5 Å². The molecule has 2 aromatic rings. The molecule has 2 aromatic heterocycles. The maximum atomic E-state index is 10.2. The van der Waals surface area contributed by atoms with E-state index in [4.69, 9.17) is 9.47 Å². The summed E-state index contributed by atoms with van der Waals surface area (Å²) in [5, 5.41) is 13.1. The van der Waals surface area contributed by atoms with Crippen LogP contribution in [0.25, 0.3) is 0 Å². The molecule has 0 aliphatic heterocycles. The standard InChI is InChI=1S/C12H15N3O3S/c1-7-14-8(6-19-7)4-9(16)11-12(18-3)15-10(17-2)5-13-11/h5-6,9,16H,4H2,1-3H3. The second-order valence-electron chi connectivity index (χ2n) is 3.88. The van der Waals surface area contributed by atoms with Crippen LogP contribution in [0.3, 0.4) is 0 Å². The highest BCUT2D eigenvalue weighted by Crippen LogP contribution is 2.26. The average Bonchev–Trinajstić information content (AvgIpc) is 2.83. The van der Waals surface area contributed by atoms with E-state index in [-0.39, 0.29) is 5.88 Å². The molecule has 0 fully saturated rings. The lowest BCUT2D eigenvalue weighted by atomic mass is 10.1. The van der Waals surface area contributed by atoms with E-state index in [1.807, 2.05) is 12.3 Å². The Morgan fingerprint density at radius 2 is 2.11 bits per heavy atom. The monoisotopic (exact) mass is 281 g/mol. The second-order valence-corrected chi connectivity index (χ2v) is 4.95. The van der Waals surface area contributed by atoms with E-state index in [2.05, 4.69) is 15.0 Å². The fourth-order valence-electron chi connectivity index (χ4n) is 1.64. The lowest BCUT2D eigenvalue weighted by Crippen LogP contribution is -2.08. The first-order chi connectivity index (χ1) is 9.13. The van der Waals surface area contributed by atoms with E-state index < -0.39 is 6.10 Å².